The van der Waals surface area contributed by atoms with Crippen molar-refractivity contribution in [3.8, 4) is 0 Å². The van der Waals surface area contributed by atoms with Gasteiger partial charge in [-0.25, -0.2) is 4.98 Å². The van der Waals surface area contributed by atoms with Crippen molar-refractivity contribution in [1.82, 2.24) is 15.3 Å². The van der Waals surface area contributed by atoms with Crippen molar-refractivity contribution >= 4 is 16.9 Å². The molecule has 2 aromatic heterocycles. The Labute approximate surface area is 135 Å². The number of amides is 1. The van der Waals surface area contributed by atoms with Gasteiger partial charge in [0.15, 0.2) is 0 Å². The Kier molecular flexibility index (Phi) is 4.46. The highest BCUT2D eigenvalue weighted by molar-refractivity contribution is 5.77. The number of carbonyl (C=O) groups excluding carboxylic acids is 1. The van der Waals surface area contributed by atoms with Crippen LogP contribution in [0, 0.1) is 5.92 Å². The van der Waals surface area contributed by atoms with Crippen molar-refractivity contribution < 1.29 is 9.21 Å². The fraction of sp³-hybridized carbons (Fsp3) is 0.333. The molecule has 0 saturated heterocycles. The first-order chi connectivity index (χ1) is 11.1. The second-order valence-corrected chi connectivity index (χ2v) is 6.01. The average molecular weight is 311 g/mol. The van der Waals surface area contributed by atoms with Crippen LogP contribution in [0.25, 0.3) is 11.0 Å². The molecule has 0 spiro atoms. The number of nitrogens with one attached hydrogen (secondary N) is 2. The van der Waals surface area contributed by atoms with Crippen LogP contribution in [-0.2, 0) is 11.2 Å². The van der Waals surface area contributed by atoms with E-state index in [0.29, 0.717) is 12.8 Å². The van der Waals surface area contributed by atoms with Crippen molar-refractivity contribution in [1.29, 1.82) is 0 Å². The minimum atomic E-state index is -0.133. The molecule has 120 valence electrons. The summed E-state index contributed by atoms with van der Waals surface area (Å²) in [5.74, 6) is 1.86. The van der Waals surface area contributed by atoms with Crippen molar-refractivity contribution in [2.24, 2.45) is 5.92 Å². The van der Waals surface area contributed by atoms with Gasteiger partial charge in [0.25, 0.3) is 0 Å². The zero-order valence-electron chi connectivity index (χ0n) is 13.4. The molecule has 0 saturated carbocycles. The van der Waals surface area contributed by atoms with Crippen LogP contribution in [0.4, 0.5) is 0 Å². The van der Waals surface area contributed by atoms with Gasteiger partial charge >= 0.3 is 0 Å². The summed E-state index contributed by atoms with van der Waals surface area (Å²) in [6.07, 6.45) is 2.62. The van der Waals surface area contributed by atoms with E-state index in [1.165, 1.54) is 0 Å². The number of nitrogens with zero attached hydrogens (tertiary/aromatic N) is 1. The van der Waals surface area contributed by atoms with Crippen molar-refractivity contribution in [3.05, 3.63) is 54.2 Å². The first-order valence-electron chi connectivity index (χ1n) is 7.90. The highest BCUT2D eigenvalue weighted by Gasteiger charge is 2.21. The van der Waals surface area contributed by atoms with Crippen LogP contribution in [0.2, 0.25) is 0 Å². The standard InChI is InChI=1S/C18H21N3O2/c1-12(2)17(18-19-14-7-3-4-8-15(14)20-18)21-16(22)10-9-13-6-5-11-23-13/h3-8,11-12,17H,9-10H2,1-2H3,(H,19,20)(H,21,22)/t17-/m1/s1. The van der Waals surface area contributed by atoms with E-state index in [-0.39, 0.29) is 17.9 Å². The summed E-state index contributed by atoms with van der Waals surface area (Å²) >= 11 is 0. The number of hydrogen-bond acceptors (Lipinski definition) is 3. The van der Waals surface area contributed by atoms with Gasteiger partial charge in [-0.15, -0.1) is 0 Å². The lowest BCUT2D eigenvalue weighted by Crippen LogP contribution is -2.32. The van der Waals surface area contributed by atoms with E-state index in [2.05, 4.69) is 29.1 Å². The molecule has 0 fully saturated rings. The lowest BCUT2D eigenvalue weighted by molar-refractivity contribution is -0.122. The summed E-state index contributed by atoms with van der Waals surface area (Å²) in [6.45, 7) is 4.15. The number of aromatic nitrogens is 2. The molecule has 0 radical (unpaired) electrons. The third-order valence-electron chi connectivity index (χ3n) is 3.86. The van der Waals surface area contributed by atoms with Crippen LogP contribution in [0.1, 0.15) is 37.9 Å². The molecule has 0 bridgehead atoms. The van der Waals surface area contributed by atoms with Crippen LogP contribution in [0.3, 0.4) is 0 Å². The minimum Gasteiger partial charge on any atom is -0.469 e. The number of fused-ring (bicyclic) bond motifs is 1. The summed E-state index contributed by atoms with van der Waals surface area (Å²) < 4.78 is 5.26. The summed E-state index contributed by atoms with van der Waals surface area (Å²) in [4.78, 5) is 20.2. The molecule has 5 nitrogen and oxygen atoms in total. The molecule has 1 atom stereocenters. The second kappa shape index (κ2) is 6.69. The molecule has 23 heavy (non-hydrogen) atoms. The molecule has 3 aromatic rings. The molecule has 1 amide bonds. The molecule has 0 aliphatic carbocycles. The smallest absolute Gasteiger partial charge is 0.221 e. The van der Waals surface area contributed by atoms with Gasteiger partial charge in [0.1, 0.15) is 11.6 Å². The summed E-state index contributed by atoms with van der Waals surface area (Å²) in [5, 5.41) is 3.08. The van der Waals surface area contributed by atoms with E-state index in [0.717, 1.165) is 22.6 Å². The van der Waals surface area contributed by atoms with Crippen LogP contribution >= 0.6 is 0 Å². The molecule has 2 heterocycles. The van der Waals surface area contributed by atoms with E-state index in [9.17, 15) is 4.79 Å². The van der Waals surface area contributed by atoms with Gasteiger partial charge in [-0.05, 0) is 30.2 Å². The van der Waals surface area contributed by atoms with Gasteiger partial charge in [-0.3, -0.25) is 4.79 Å². The largest absolute Gasteiger partial charge is 0.469 e. The van der Waals surface area contributed by atoms with Gasteiger partial charge in [-0.2, -0.15) is 0 Å². The topological polar surface area (TPSA) is 70.9 Å². The third-order valence-corrected chi connectivity index (χ3v) is 3.86. The number of aromatic amines is 1. The van der Waals surface area contributed by atoms with Gasteiger partial charge in [0.2, 0.25) is 5.91 Å². The molecule has 0 aliphatic heterocycles. The third kappa shape index (κ3) is 3.62. The molecule has 2 N–H and O–H groups in total. The number of benzene rings is 1. The van der Waals surface area contributed by atoms with Crippen molar-refractivity contribution in [2.75, 3.05) is 0 Å². The minimum absolute atomic E-state index is 0.000515. The first kappa shape index (κ1) is 15.3. The number of para-hydroxylation sites is 2. The van der Waals surface area contributed by atoms with Gasteiger partial charge < -0.3 is 14.7 Å². The molecule has 1 aromatic carbocycles. The number of H-pyrrole nitrogens is 1. The van der Waals surface area contributed by atoms with Crippen LogP contribution in [0.5, 0.6) is 0 Å². The lowest BCUT2D eigenvalue weighted by atomic mass is 10.0. The lowest BCUT2D eigenvalue weighted by Gasteiger charge is -2.20. The number of furan rings is 1. The maximum Gasteiger partial charge on any atom is 0.221 e. The Hall–Kier alpha value is -2.56. The molecule has 0 unspecified atom stereocenters. The van der Waals surface area contributed by atoms with Gasteiger partial charge in [-0.1, -0.05) is 26.0 Å². The number of carbonyl (C=O) groups is 1. The predicted octanol–water partition coefficient (Wildman–Crippen LogP) is 3.60. The van der Waals surface area contributed by atoms with E-state index in [1.807, 2.05) is 36.4 Å². The Morgan fingerprint density at radius 2 is 2.09 bits per heavy atom. The normalized spacial score (nSPS) is 12.7. The maximum atomic E-state index is 12.2. The quantitative estimate of drug-likeness (QED) is 0.730. The molecule has 3 rings (SSSR count). The molecule has 0 aliphatic rings. The first-order valence-corrected chi connectivity index (χ1v) is 7.90. The van der Waals surface area contributed by atoms with E-state index < -0.39 is 0 Å². The van der Waals surface area contributed by atoms with E-state index in [4.69, 9.17) is 4.42 Å². The SMILES string of the molecule is CC(C)[C@@H](NC(=O)CCc1ccco1)c1nc2ccccc2[nH]1. The highest BCUT2D eigenvalue weighted by atomic mass is 16.3. The summed E-state index contributed by atoms with van der Waals surface area (Å²) in [6, 6.07) is 11.5. The van der Waals surface area contributed by atoms with Crippen LogP contribution < -0.4 is 5.32 Å². The Morgan fingerprint density at radius 3 is 2.78 bits per heavy atom. The van der Waals surface area contributed by atoms with Crippen LogP contribution in [0.15, 0.2) is 47.1 Å². The fourth-order valence-electron chi connectivity index (χ4n) is 2.61. The predicted molar refractivity (Wildman–Crippen MR) is 88.8 cm³/mol. The number of hydrogen-bond donors (Lipinski definition) is 2. The van der Waals surface area contributed by atoms with Gasteiger partial charge in [0, 0.05) is 12.8 Å². The Balaban J connectivity index is 1.69. The van der Waals surface area contributed by atoms with Crippen molar-refractivity contribution in [3.63, 3.8) is 0 Å². The zero-order chi connectivity index (χ0) is 16.2. The molecule has 5 heteroatoms. The Morgan fingerprint density at radius 1 is 1.26 bits per heavy atom. The Bertz CT molecular complexity index is 742. The monoisotopic (exact) mass is 311 g/mol. The van der Waals surface area contributed by atoms with Crippen LogP contribution in [-0.4, -0.2) is 15.9 Å². The summed E-state index contributed by atoms with van der Waals surface area (Å²) in [5.41, 5.74) is 1.90. The second-order valence-electron chi connectivity index (χ2n) is 6.01. The van der Waals surface area contributed by atoms with E-state index in [1.54, 1.807) is 6.26 Å². The number of aryl methyl sites for hydroxylation is 1. The maximum absolute atomic E-state index is 12.2. The van der Waals surface area contributed by atoms with E-state index >= 15 is 0 Å². The number of rotatable bonds is 6. The average Bonchev–Trinajstić information content (AvgIpc) is 3.19. The zero-order valence-corrected chi connectivity index (χ0v) is 13.4. The molecular weight excluding hydrogens is 290 g/mol. The summed E-state index contributed by atoms with van der Waals surface area (Å²) in [7, 11) is 0. The van der Waals surface area contributed by atoms with Gasteiger partial charge in [0.05, 0.1) is 23.3 Å². The van der Waals surface area contributed by atoms with Crippen molar-refractivity contribution in [2.45, 2.75) is 32.7 Å². The highest BCUT2D eigenvalue weighted by Crippen LogP contribution is 2.22. The number of imidazole rings is 1. The molecular formula is C18H21N3O2. The fourth-order valence-corrected chi connectivity index (χ4v) is 2.61.